The lowest BCUT2D eigenvalue weighted by atomic mass is 9.76. The van der Waals surface area contributed by atoms with Gasteiger partial charge in [0.2, 0.25) is 17.7 Å². The molecule has 0 unspecified atom stereocenters. The number of halogens is 1. The first kappa shape index (κ1) is 21.9. The van der Waals surface area contributed by atoms with E-state index in [0.29, 0.717) is 17.7 Å². The number of carbonyl (C=O) groups is 3. The van der Waals surface area contributed by atoms with Crippen molar-refractivity contribution in [1.82, 2.24) is 15.2 Å². The van der Waals surface area contributed by atoms with Gasteiger partial charge >= 0.3 is 0 Å². The molecular formula is C29H23FN4O3. The Bertz CT molecular complexity index is 1600. The first-order valence-corrected chi connectivity index (χ1v) is 12.3. The first-order valence-electron chi connectivity index (χ1n) is 12.3. The fourth-order valence-corrected chi connectivity index (χ4v) is 6.47. The molecule has 7 rings (SSSR count). The number of amides is 3. The van der Waals surface area contributed by atoms with Crippen molar-refractivity contribution in [2.75, 3.05) is 5.32 Å². The summed E-state index contributed by atoms with van der Waals surface area (Å²) in [5.41, 5.74) is 2.05. The van der Waals surface area contributed by atoms with Gasteiger partial charge in [-0.2, -0.15) is 0 Å². The van der Waals surface area contributed by atoms with E-state index in [2.05, 4.69) is 15.6 Å². The quantitative estimate of drug-likeness (QED) is 0.379. The van der Waals surface area contributed by atoms with Gasteiger partial charge in [-0.15, -0.1) is 0 Å². The van der Waals surface area contributed by atoms with E-state index in [0.717, 1.165) is 22.0 Å². The zero-order valence-corrected chi connectivity index (χ0v) is 19.7. The first-order chi connectivity index (χ1) is 18.0. The summed E-state index contributed by atoms with van der Waals surface area (Å²) in [5.74, 6) is -3.43. The maximum absolute atomic E-state index is 14.5. The van der Waals surface area contributed by atoms with Crippen molar-refractivity contribution in [3.05, 3.63) is 102 Å². The number of imide groups is 1. The smallest absolute Gasteiger partial charge is 0.250 e. The van der Waals surface area contributed by atoms with Gasteiger partial charge in [-0.1, -0.05) is 48.5 Å². The number of likely N-dealkylation sites (tertiary alicyclic amines) is 1. The second-order valence-electron chi connectivity index (χ2n) is 10.0. The summed E-state index contributed by atoms with van der Waals surface area (Å²) in [5, 5.41) is 7.23. The van der Waals surface area contributed by atoms with Crippen LogP contribution in [-0.4, -0.2) is 33.6 Å². The minimum atomic E-state index is -1.53. The summed E-state index contributed by atoms with van der Waals surface area (Å²) < 4.78 is 14.5. The molecule has 184 valence electrons. The van der Waals surface area contributed by atoms with Crippen molar-refractivity contribution >= 4 is 34.3 Å². The molecule has 3 aromatic carbocycles. The van der Waals surface area contributed by atoms with E-state index in [4.69, 9.17) is 0 Å². The van der Waals surface area contributed by atoms with Crippen molar-refractivity contribution in [2.24, 2.45) is 11.8 Å². The summed E-state index contributed by atoms with van der Waals surface area (Å²) in [6, 6.07) is 20.7. The standard InChI is InChI=1S/C29H23FN4O3/c30-18-10-11-22-20(13-18)29(28(37)32-22)25-24(26(35)34(27(25)36)15-16-6-2-1-3-7-16)23(33-29)12-17-14-31-21-9-5-4-8-19(17)21/h1-11,13-14,23-25,31,33H,12,15H2,(H,32,37)/t23-,24-,25+,29+/m1/s1. The van der Waals surface area contributed by atoms with Gasteiger partial charge in [-0.25, -0.2) is 4.39 Å². The van der Waals surface area contributed by atoms with Gasteiger partial charge in [-0.3, -0.25) is 24.6 Å². The third-order valence-electron chi connectivity index (χ3n) is 8.07. The fraction of sp³-hybridized carbons (Fsp3) is 0.207. The van der Waals surface area contributed by atoms with Crippen LogP contribution in [0.15, 0.2) is 79.0 Å². The van der Waals surface area contributed by atoms with Gasteiger partial charge in [-0.05, 0) is 41.8 Å². The average Bonchev–Trinajstić information content (AvgIpc) is 3.61. The second kappa shape index (κ2) is 7.85. The Kier molecular flexibility index (Phi) is 4.65. The molecule has 3 amide bonds. The van der Waals surface area contributed by atoms with E-state index in [9.17, 15) is 18.8 Å². The van der Waals surface area contributed by atoms with Gasteiger partial charge in [0.05, 0.1) is 18.4 Å². The minimum Gasteiger partial charge on any atom is -0.361 e. The number of benzene rings is 3. The van der Waals surface area contributed by atoms with Crippen molar-refractivity contribution in [3.63, 3.8) is 0 Å². The number of hydrogen-bond donors (Lipinski definition) is 3. The summed E-state index contributed by atoms with van der Waals surface area (Å²) in [6.07, 6.45) is 2.32. The molecule has 0 radical (unpaired) electrons. The summed E-state index contributed by atoms with van der Waals surface area (Å²) in [6.45, 7) is 0.124. The van der Waals surface area contributed by atoms with Gasteiger partial charge in [0, 0.05) is 34.4 Å². The van der Waals surface area contributed by atoms with Crippen molar-refractivity contribution in [1.29, 1.82) is 0 Å². The largest absolute Gasteiger partial charge is 0.361 e. The lowest BCUT2D eigenvalue weighted by Crippen LogP contribution is -2.53. The topological polar surface area (TPSA) is 94.3 Å². The molecule has 37 heavy (non-hydrogen) atoms. The van der Waals surface area contributed by atoms with Gasteiger partial charge < -0.3 is 10.3 Å². The minimum absolute atomic E-state index is 0.124. The number of H-pyrrole nitrogens is 1. The van der Waals surface area contributed by atoms with Crippen LogP contribution in [0.1, 0.15) is 16.7 Å². The summed E-state index contributed by atoms with van der Waals surface area (Å²) in [4.78, 5) is 46.0. The molecule has 8 heteroatoms. The Hall–Kier alpha value is -4.30. The maximum atomic E-state index is 14.5. The van der Waals surface area contributed by atoms with Crippen LogP contribution in [0.2, 0.25) is 0 Å². The zero-order chi connectivity index (χ0) is 25.3. The van der Waals surface area contributed by atoms with Crippen LogP contribution in [-0.2, 0) is 32.9 Å². The number of carbonyl (C=O) groups excluding carboxylic acids is 3. The molecule has 0 bridgehead atoms. The molecule has 4 aromatic rings. The van der Waals surface area contributed by atoms with Gasteiger partial charge in [0.15, 0.2) is 0 Å². The SMILES string of the molecule is O=C1[C@H]2[C@@H](C(=O)N1Cc1ccccc1)[C@]1(N[C@@H]2Cc2c[nH]c3ccccc23)C(=O)Nc2ccc(F)cc21. The van der Waals surface area contributed by atoms with Crippen molar-refractivity contribution in [2.45, 2.75) is 24.5 Å². The highest BCUT2D eigenvalue weighted by Crippen LogP contribution is 2.53. The Balaban J connectivity index is 1.35. The van der Waals surface area contributed by atoms with Crippen LogP contribution in [0.5, 0.6) is 0 Å². The normalized spacial score (nSPS) is 26.2. The predicted molar refractivity (Wildman–Crippen MR) is 135 cm³/mol. The summed E-state index contributed by atoms with van der Waals surface area (Å²) in [7, 11) is 0. The number of rotatable bonds is 4. The number of aromatic nitrogens is 1. The average molecular weight is 495 g/mol. The highest BCUT2D eigenvalue weighted by Gasteiger charge is 2.70. The molecule has 2 fully saturated rings. The highest BCUT2D eigenvalue weighted by atomic mass is 19.1. The predicted octanol–water partition coefficient (Wildman–Crippen LogP) is 3.47. The monoisotopic (exact) mass is 494 g/mol. The fourth-order valence-electron chi connectivity index (χ4n) is 6.47. The number of hydrogen-bond acceptors (Lipinski definition) is 4. The van der Waals surface area contributed by atoms with Gasteiger partial charge in [0.1, 0.15) is 11.4 Å². The molecule has 4 atom stereocenters. The lowest BCUT2D eigenvalue weighted by molar-refractivity contribution is -0.143. The molecule has 0 aliphatic carbocycles. The summed E-state index contributed by atoms with van der Waals surface area (Å²) >= 11 is 0. The van der Waals surface area contributed by atoms with E-state index in [1.54, 1.807) is 0 Å². The number of nitrogens with zero attached hydrogens (tertiary/aromatic N) is 1. The number of fused-ring (bicyclic) bond motifs is 5. The third kappa shape index (κ3) is 3.05. The number of anilines is 1. The van der Waals surface area contributed by atoms with Crippen molar-refractivity contribution in [3.8, 4) is 0 Å². The molecule has 3 aliphatic rings. The highest BCUT2D eigenvalue weighted by molar-refractivity contribution is 6.15. The van der Waals surface area contributed by atoms with Gasteiger partial charge in [0.25, 0.3) is 0 Å². The lowest BCUT2D eigenvalue weighted by Gasteiger charge is -2.29. The molecule has 4 heterocycles. The number of nitrogens with one attached hydrogen (secondary N) is 3. The van der Waals surface area contributed by atoms with Crippen LogP contribution in [0.4, 0.5) is 10.1 Å². The van der Waals surface area contributed by atoms with Crippen LogP contribution in [0.3, 0.4) is 0 Å². The molecule has 7 nitrogen and oxygen atoms in total. The Labute approximate surface area is 211 Å². The molecule has 0 saturated carbocycles. The molecule has 3 aliphatic heterocycles. The third-order valence-corrected chi connectivity index (χ3v) is 8.07. The molecule has 3 N–H and O–H groups in total. The maximum Gasteiger partial charge on any atom is 0.250 e. The molecule has 1 aromatic heterocycles. The Morgan fingerprint density at radius 1 is 0.919 bits per heavy atom. The van der Waals surface area contributed by atoms with Crippen LogP contribution in [0.25, 0.3) is 10.9 Å². The van der Waals surface area contributed by atoms with E-state index in [-0.39, 0.29) is 12.5 Å². The molecule has 1 spiro atoms. The Morgan fingerprint density at radius 2 is 1.70 bits per heavy atom. The number of aromatic amines is 1. The zero-order valence-electron chi connectivity index (χ0n) is 19.7. The van der Waals surface area contributed by atoms with Crippen molar-refractivity contribution < 1.29 is 18.8 Å². The number of para-hydroxylation sites is 1. The van der Waals surface area contributed by atoms with E-state index in [1.165, 1.54) is 23.1 Å². The Morgan fingerprint density at radius 3 is 2.54 bits per heavy atom. The molecule has 2 saturated heterocycles. The second-order valence-corrected chi connectivity index (χ2v) is 10.0. The molecular weight excluding hydrogens is 471 g/mol. The van der Waals surface area contributed by atoms with Crippen LogP contribution >= 0.6 is 0 Å². The van der Waals surface area contributed by atoms with E-state index in [1.807, 2.05) is 60.8 Å². The van der Waals surface area contributed by atoms with E-state index >= 15 is 0 Å². The van der Waals surface area contributed by atoms with E-state index < -0.39 is 41.0 Å². The van der Waals surface area contributed by atoms with Crippen LogP contribution < -0.4 is 10.6 Å². The van der Waals surface area contributed by atoms with Crippen LogP contribution in [0, 0.1) is 17.7 Å².